The molecule has 7 heteroatoms. The maximum Gasteiger partial charge on any atom is 0.271 e. The van der Waals surface area contributed by atoms with E-state index < -0.39 is 5.91 Å². The van der Waals surface area contributed by atoms with Crippen LogP contribution in [0, 0.1) is 0 Å². The molecule has 0 aliphatic carbocycles. The minimum Gasteiger partial charge on any atom is -0.504 e. The summed E-state index contributed by atoms with van der Waals surface area (Å²) in [5.74, 6) is 0.00259. The largest absolute Gasteiger partial charge is 0.504 e. The number of halogens is 2. The minimum atomic E-state index is -0.421. The van der Waals surface area contributed by atoms with Crippen molar-refractivity contribution in [2.45, 2.75) is 13.3 Å². The van der Waals surface area contributed by atoms with E-state index >= 15 is 0 Å². The second-order valence-corrected chi connectivity index (χ2v) is 6.09. The number of rotatable bonds is 7. The van der Waals surface area contributed by atoms with Crippen LogP contribution in [0.15, 0.2) is 48.1 Å². The molecular weight excluding hydrogens is 375 g/mol. The number of hydrazone groups is 1. The zero-order chi connectivity index (χ0) is 19.1. The Morgan fingerprint density at radius 1 is 1.31 bits per heavy atom. The van der Waals surface area contributed by atoms with Crippen LogP contribution in [0.2, 0.25) is 10.0 Å². The van der Waals surface area contributed by atoms with E-state index in [-0.39, 0.29) is 10.8 Å². The smallest absolute Gasteiger partial charge is 0.271 e. The molecule has 2 aromatic carbocycles. The van der Waals surface area contributed by atoms with Crippen LogP contribution in [0.4, 0.5) is 0 Å². The molecule has 5 nitrogen and oxygen atoms in total. The summed E-state index contributed by atoms with van der Waals surface area (Å²) in [7, 11) is 0. The average molecular weight is 393 g/mol. The van der Waals surface area contributed by atoms with Gasteiger partial charge in [-0.25, -0.2) is 5.43 Å². The van der Waals surface area contributed by atoms with Gasteiger partial charge < -0.3 is 9.84 Å². The topological polar surface area (TPSA) is 70.9 Å². The number of phenols is 1. The number of aromatic hydroxyl groups is 1. The first-order chi connectivity index (χ1) is 12.5. The summed E-state index contributed by atoms with van der Waals surface area (Å²) in [4.78, 5) is 12.1. The fourth-order valence-electron chi connectivity index (χ4n) is 2.21. The van der Waals surface area contributed by atoms with Gasteiger partial charge >= 0.3 is 0 Å². The van der Waals surface area contributed by atoms with Crippen molar-refractivity contribution in [3.05, 3.63) is 69.7 Å². The van der Waals surface area contributed by atoms with Gasteiger partial charge in [0.2, 0.25) is 0 Å². The van der Waals surface area contributed by atoms with Crippen LogP contribution in [-0.2, 0) is 6.42 Å². The van der Waals surface area contributed by atoms with Crippen molar-refractivity contribution in [1.29, 1.82) is 0 Å². The average Bonchev–Trinajstić information content (AvgIpc) is 2.61. The molecule has 1 amide bonds. The van der Waals surface area contributed by atoms with Crippen LogP contribution in [0.3, 0.4) is 0 Å². The Kier molecular flexibility index (Phi) is 7.06. The SMILES string of the molecule is C=CCc1cc(/C=N\NC(=O)c2ccc(Cl)c(Cl)c2)cc(OCC)c1O. The minimum absolute atomic E-state index is 0.0729. The summed E-state index contributed by atoms with van der Waals surface area (Å²) in [6, 6.07) is 7.94. The lowest BCUT2D eigenvalue weighted by Gasteiger charge is -2.10. The van der Waals surface area contributed by atoms with Crippen molar-refractivity contribution in [1.82, 2.24) is 5.43 Å². The summed E-state index contributed by atoms with van der Waals surface area (Å²) >= 11 is 11.7. The number of benzene rings is 2. The molecule has 2 aromatic rings. The third-order valence-corrected chi connectivity index (χ3v) is 4.14. The van der Waals surface area contributed by atoms with Crippen molar-refractivity contribution in [2.75, 3.05) is 6.61 Å². The summed E-state index contributed by atoms with van der Waals surface area (Å²) < 4.78 is 5.42. The van der Waals surface area contributed by atoms with E-state index in [1.165, 1.54) is 12.3 Å². The van der Waals surface area contributed by atoms with E-state index in [0.717, 1.165) is 0 Å². The molecule has 2 rings (SSSR count). The third-order valence-electron chi connectivity index (χ3n) is 3.40. The highest BCUT2D eigenvalue weighted by atomic mass is 35.5. The molecule has 0 spiro atoms. The lowest BCUT2D eigenvalue weighted by Crippen LogP contribution is -2.17. The standard InChI is InChI=1S/C19H18Cl2N2O3/c1-3-5-13-8-12(9-17(18(13)24)26-4-2)11-22-23-19(25)14-6-7-15(20)16(21)10-14/h3,6-11,24H,1,4-5H2,2H3,(H,23,25)/b22-11-. The van der Waals surface area contributed by atoms with Gasteiger partial charge in [-0.2, -0.15) is 5.10 Å². The first-order valence-electron chi connectivity index (χ1n) is 7.84. The number of hydrogen-bond donors (Lipinski definition) is 2. The molecular formula is C19H18Cl2N2O3. The van der Waals surface area contributed by atoms with Gasteiger partial charge in [0.1, 0.15) is 0 Å². The van der Waals surface area contributed by atoms with Crippen molar-refractivity contribution < 1.29 is 14.6 Å². The number of hydrogen-bond acceptors (Lipinski definition) is 4. The highest BCUT2D eigenvalue weighted by molar-refractivity contribution is 6.42. The number of carbonyl (C=O) groups is 1. The van der Waals surface area contributed by atoms with E-state index in [1.807, 2.05) is 6.92 Å². The van der Waals surface area contributed by atoms with Crippen LogP contribution in [0.5, 0.6) is 11.5 Å². The van der Waals surface area contributed by atoms with Crippen molar-refractivity contribution in [2.24, 2.45) is 5.10 Å². The summed E-state index contributed by atoms with van der Waals surface area (Å²) in [5.41, 5.74) is 4.07. The molecule has 136 valence electrons. The van der Waals surface area contributed by atoms with E-state index in [0.29, 0.717) is 40.5 Å². The monoisotopic (exact) mass is 392 g/mol. The fraction of sp³-hybridized carbons (Fsp3) is 0.158. The molecule has 0 heterocycles. The summed E-state index contributed by atoms with van der Waals surface area (Å²) in [6.45, 7) is 5.91. The first kappa shape index (κ1) is 19.8. The number of nitrogens with one attached hydrogen (secondary N) is 1. The highest BCUT2D eigenvalue weighted by Gasteiger charge is 2.10. The fourth-order valence-corrected chi connectivity index (χ4v) is 2.51. The third kappa shape index (κ3) is 5.00. The van der Waals surface area contributed by atoms with Crippen LogP contribution in [-0.4, -0.2) is 23.8 Å². The predicted molar refractivity (Wildman–Crippen MR) is 105 cm³/mol. The van der Waals surface area contributed by atoms with Gasteiger partial charge in [0.05, 0.1) is 22.9 Å². The number of carbonyl (C=O) groups excluding carboxylic acids is 1. The molecule has 0 atom stereocenters. The summed E-state index contributed by atoms with van der Waals surface area (Å²) in [5, 5.41) is 14.8. The second-order valence-electron chi connectivity index (χ2n) is 5.28. The van der Waals surface area contributed by atoms with Gasteiger partial charge in [-0.15, -0.1) is 6.58 Å². The molecule has 26 heavy (non-hydrogen) atoms. The van der Waals surface area contributed by atoms with Crippen LogP contribution in [0.1, 0.15) is 28.4 Å². The van der Waals surface area contributed by atoms with Crippen molar-refractivity contribution in [3.63, 3.8) is 0 Å². The quantitative estimate of drug-likeness (QED) is 0.411. The molecule has 0 fully saturated rings. The zero-order valence-corrected chi connectivity index (χ0v) is 15.6. The predicted octanol–water partition coefficient (Wildman–Crippen LogP) is 4.59. The maximum atomic E-state index is 12.1. The molecule has 2 N–H and O–H groups in total. The number of amides is 1. The zero-order valence-electron chi connectivity index (χ0n) is 14.1. The van der Waals surface area contributed by atoms with Crippen molar-refractivity contribution >= 4 is 35.3 Å². The maximum absolute atomic E-state index is 12.1. The highest BCUT2D eigenvalue weighted by Crippen LogP contribution is 2.32. The van der Waals surface area contributed by atoms with Crippen LogP contribution < -0.4 is 10.2 Å². The van der Waals surface area contributed by atoms with E-state index in [2.05, 4.69) is 17.1 Å². The van der Waals surface area contributed by atoms with Gasteiger partial charge in [0.15, 0.2) is 11.5 Å². The molecule has 0 aliphatic heterocycles. The first-order valence-corrected chi connectivity index (χ1v) is 8.59. The lowest BCUT2D eigenvalue weighted by atomic mass is 10.1. The number of ether oxygens (including phenoxy) is 1. The molecule has 0 bridgehead atoms. The second kappa shape index (κ2) is 9.27. The van der Waals surface area contributed by atoms with Gasteiger partial charge in [-0.05, 0) is 49.2 Å². The Bertz CT molecular complexity index is 851. The van der Waals surface area contributed by atoms with Crippen LogP contribution >= 0.6 is 23.2 Å². The Morgan fingerprint density at radius 3 is 2.73 bits per heavy atom. The molecule has 0 saturated carbocycles. The van der Waals surface area contributed by atoms with E-state index in [9.17, 15) is 9.90 Å². The van der Waals surface area contributed by atoms with E-state index in [1.54, 1.807) is 30.3 Å². The molecule has 0 aromatic heterocycles. The Morgan fingerprint density at radius 2 is 2.08 bits per heavy atom. The van der Waals surface area contributed by atoms with Gasteiger partial charge in [0.25, 0.3) is 5.91 Å². The molecule has 0 radical (unpaired) electrons. The van der Waals surface area contributed by atoms with E-state index in [4.69, 9.17) is 27.9 Å². The number of nitrogens with zero attached hydrogens (tertiary/aromatic N) is 1. The lowest BCUT2D eigenvalue weighted by molar-refractivity contribution is 0.0955. The molecule has 0 unspecified atom stereocenters. The molecule has 0 saturated heterocycles. The van der Waals surface area contributed by atoms with Gasteiger partial charge in [-0.3, -0.25) is 4.79 Å². The van der Waals surface area contributed by atoms with Gasteiger partial charge in [0, 0.05) is 11.1 Å². The van der Waals surface area contributed by atoms with Gasteiger partial charge in [-0.1, -0.05) is 29.3 Å². The van der Waals surface area contributed by atoms with Crippen LogP contribution in [0.25, 0.3) is 0 Å². The number of allylic oxidation sites excluding steroid dienone is 1. The number of phenolic OH excluding ortho intramolecular Hbond substituents is 1. The normalized spacial score (nSPS) is 10.7. The molecule has 0 aliphatic rings. The Labute approximate surface area is 161 Å². The summed E-state index contributed by atoms with van der Waals surface area (Å²) in [6.07, 6.45) is 3.62. The van der Waals surface area contributed by atoms with Crippen molar-refractivity contribution in [3.8, 4) is 11.5 Å². The Hall–Kier alpha value is -2.50. The Balaban J connectivity index is 2.17.